The maximum absolute atomic E-state index is 14.8. The molecule has 5 aromatic rings. The summed E-state index contributed by atoms with van der Waals surface area (Å²) < 4.78 is 25.4. The molecular weight excluding hydrogens is 347 g/mol. The predicted octanol–water partition coefficient (Wildman–Crippen LogP) is 5.25. The Labute approximate surface area is 152 Å². The van der Waals surface area contributed by atoms with E-state index < -0.39 is 5.82 Å². The van der Waals surface area contributed by atoms with Gasteiger partial charge >= 0.3 is 0 Å². The number of hydrogen-bond acceptors (Lipinski definition) is 5. The van der Waals surface area contributed by atoms with Gasteiger partial charge in [-0.25, -0.2) is 4.39 Å². The first-order chi connectivity index (χ1) is 13.3. The van der Waals surface area contributed by atoms with Crippen molar-refractivity contribution in [1.29, 1.82) is 0 Å². The van der Waals surface area contributed by atoms with Crippen LogP contribution in [0, 0.1) is 5.82 Å². The second-order valence-electron chi connectivity index (χ2n) is 6.09. The molecule has 0 unspecified atom stereocenters. The molecule has 6 heteroatoms. The van der Waals surface area contributed by atoms with Gasteiger partial charge < -0.3 is 9.05 Å². The Kier molecular flexibility index (Phi) is 3.36. The van der Waals surface area contributed by atoms with Gasteiger partial charge in [-0.2, -0.15) is 0 Å². The average molecular weight is 358 g/mol. The SMILES string of the molecule is O=Cc1cc(F)c(-c2noc3ccccc23)cc1-c1noc2ccccc12. The molecule has 0 amide bonds. The minimum atomic E-state index is -0.562. The molecule has 2 heterocycles. The van der Waals surface area contributed by atoms with E-state index in [1.165, 1.54) is 6.07 Å². The van der Waals surface area contributed by atoms with Crippen molar-refractivity contribution in [3.63, 3.8) is 0 Å². The van der Waals surface area contributed by atoms with Gasteiger partial charge in [0.1, 0.15) is 17.2 Å². The Morgan fingerprint density at radius 1 is 0.778 bits per heavy atom. The number of aldehydes is 1. The molecule has 0 atom stereocenters. The van der Waals surface area contributed by atoms with Gasteiger partial charge in [-0.15, -0.1) is 0 Å². The van der Waals surface area contributed by atoms with Crippen molar-refractivity contribution in [3.8, 4) is 22.5 Å². The molecule has 0 fully saturated rings. The van der Waals surface area contributed by atoms with Crippen molar-refractivity contribution in [1.82, 2.24) is 10.3 Å². The van der Waals surface area contributed by atoms with Crippen molar-refractivity contribution in [2.24, 2.45) is 0 Å². The number of fused-ring (bicyclic) bond motifs is 2. The van der Waals surface area contributed by atoms with Gasteiger partial charge in [0.15, 0.2) is 17.5 Å². The Morgan fingerprint density at radius 2 is 1.33 bits per heavy atom. The molecule has 0 saturated heterocycles. The highest BCUT2D eigenvalue weighted by Gasteiger charge is 2.20. The van der Waals surface area contributed by atoms with Crippen LogP contribution >= 0.6 is 0 Å². The number of carbonyl (C=O) groups excluding carboxylic acids is 1. The van der Waals surface area contributed by atoms with Crippen LogP contribution in [-0.4, -0.2) is 16.6 Å². The van der Waals surface area contributed by atoms with E-state index in [1.54, 1.807) is 24.3 Å². The number of nitrogens with zero attached hydrogens (tertiary/aromatic N) is 2. The lowest BCUT2D eigenvalue weighted by Crippen LogP contribution is -1.94. The summed E-state index contributed by atoms with van der Waals surface area (Å²) in [5, 5.41) is 9.53. The fourth-order valence-corrected chi connectivity index (χ4v) is 3.23. The van der Waals surface area contributed by atoms with Gasteiger partial charge in [0.2, 0.25) is 0 Å². The number of aromatic nitrogens is 2. The van der Waals surface area contributed by atoms with Crippen LogP contribution in [0.1, 0.15) is 10.4 Å². The van der Waals surface area contributed by atoms with Gasteiger partial charge in [-0.3, -0.25) is 4.79 Å². The van der Waals surface area contributed by atoms with E-state index in [0.717, 1.165) is 5.39 Å². The molecule has 0 aliphatic carbocycles. The molecule has 5 nitrogen and oxygen atoms in total. The zero-order valence-electron chi connectivity index (χ0n) is 13.8. The molecule has 0 aliphatic heterocycles. The van der Waals surface area contributed by atoms with E-state index >= 15 is 0 Å². The van der Waals surface area contributed by atoms with Crippen LogP contribution in [0.2, 0.25) is 0 Å². The lowest BCUT2D eigenvalue weighted by atomic mass is 9.97. The number of benzene rings is 3. The van der Waals surface area contributed by atoms with Gasteiger partial charge in [-0.1, -0.05) is 34.6 Å². The Balaban J connectivity index is 1.80. The topological polar surface area (TPSA) is 69.1 Å². The summed E-state index contributed by atoms with van der Waals surface area (Å²) in [5.41, 5.74) is 2.87. The molecule has 3 aromatic carbocycles. The van der Waals surface area contributed by atoms with E-state index in [2.05, 4.69) is 10.3 Å². The summed E-state index contributed by atoms with van der Waals surface area (Å²) in [6, 6.07) is 17.2. The smallest absolute Gasteiger partial charge is 0.167 e. The fraction of sp³-hybridized carbons (Fsp3) is 0. The number of carbonyl (C=O) groups is 1. The Hall–Kier alpha value is -3.80. The van der Waals surface area contributed by atoms with E-state index in [-0.39, 0.29) is 11.1 Å². The molecule has 0 radical (unpaired) electrons. The third-order valence-corrected chi connectivity index (χ3v) is 4.53. The highest BCUT2D eigenvalue weighted by Crippen LogP contribution is 2.36. The van der Waals surface area contributed by atoms with Crippen LogP contribution in [0.15, 0.2) is 69.7 Å². The second kappa shape index (κ2) is 5.88. The van der Waals surface area contributed by atoms with Crippen molar-refractivity contribution in [2.75, 3.05) is 0 Å². The number of hydrogen-bond donors (Lipinski definition) is 0. The van der Waals surface area contributed by atoms with Gasteiger partial charge in [-0.05, 0) is 36.4 Å². The van der Waals surface area contributed by atoms with Crippen LogP contribution in [0.5, 0.6) is 0 Å². The summed E-state index contributed by atoms with van der Waals surface area (Å²) >= 11 is 0. The molecule has 0 aliphatic rings. The first kappa shape index (κ1) is 15.5. The third-order valence-electron chi connectivity index (χ3n) is 4.53. The molecule has 27 heavy (non-hydrogen) atoms. The Bertz CT molecular complexity index is 1320. The summed E-state index contributed by atoms with van der Waals surface area (Å²) in [6.45, 7) is 0. The van der Waals surface area contributed by atoms with E-state index in [1.807, 2.05) is 30.3 Å². The molecule has 0 spiro atoms. The normalized spacial score (nSPS) is 11.3. The molecule has 2 aromatic heterocycles. The summed E-state index contributed by atoms with van der Waals surface area (Å²) in [5.74, 6) is -0.562. The predicted molar refractivity (Wildman–Crippen MR) is 97.8 cm³/mol. The highest BCUT2D eigenvalue weighted by molar-refractivity contribution is 6.00. The van der Waals surface area contributed by atoms with Gasteiger partial charge in [0, 0.05) is 27.5 Å². The van der Waals surface area contributed by atoms with Crippen LogP contribution in [0.3, 0.4) is 0 Å². The average Bonchev–Trinajstić information content (AvgIpc) is 3.32. The standard InChI is InChI=1S/C21H11FN2O3/c22-17-9-12(11-25)15(20-13-5-1-3-7-18(13)26-23-20)10-16(17)21-14-6-2-4-8-19(14)27-24-21/h1-11H. The summed E-state index contributed by atoms with van der Waals surface area (Å²) in [6.07, 6.45) is 0.604. The molecular formula is C21H11FN2O3. The molecule has 5 rings (SSSR count). The highest BCUT2D eigenvalue weighted by atomic mass is 19.1. The van der Waals surface area contributed by atoms with E-state index in [0.29, 0.717) is 39.8 Å². The first-order valence-corrected chi connectivity index (χ1v) is 8.24. The lowest BCUT2D eigenvalue weighted by Gasteiger charge is -2.07. The van der Waals surface area contributed by atoms with Gasteiger partial charge in [0.25, 0.3) is 0 Å². The Morgan fingerprint density at radius 3 is 1.93 bits per heavy atom. The van der Waals surface area contributed by atoms with Crippen LogP contribution in [0.4, 0.5) is 4.39 Å². The summed E-state index contributed by atoms with van der Waals surface area (Å²) in [4.78, 5) is 11.6. The number of para-hydroxylation sites is 2. The lowest BCUT2D eigenvalue weighted by molar-refractivity contribution is 0.112. The van der Waals surface area contributed by atoms with Crippen molar-refractivity contribution in [3.05, 3.63) is 72.0 Å². The van der Waals surface area contributed by atoms with Crippen molar-refractivity contribution < 1.29 is 18.2 Å². The number of halogens is 1. The maximum Gasteiger partial charge on any atom is 0.167 e. The molecule has 130 valence electrons. The third kappa shape index (κ3) is 2.34. The summed E-state index contributed by atoms with van der Waals surface area (Å²) in [7, 11) is 0. The monoisotopic (exact) mass is 358 g/mol. The molecule has 0 bridgehead atoms. The number of rotatable bonds is 3. The van der Waals surface area contributed by atoms with Crippen molar-refractivity contribution in [2.45, 2.75) is 0 Å². The van der Waals surface area contributed by atoms with Crippen LogP contribution < -0.4 is 0 Å². The first-order valence-electron chi connectivity index (χ1n) is 8.24. The van der Waals surface area contributed by atoms with Crippen LogP contribution in [-0.2, 0) is 0 Å². The van der Waals surface area contributed by atoms with E-state index in [4.69, 9.17) is 9.05 Å². The van der Waals surface area contributed by atoms with E-state index in [9.17, 15) is 9.18 Å². The quantitative estimate of drug-likeness (QED) is 0.412. The van der Waals surface area contributed by atoms with Gasteiger partial charge in [0.05, 0.1) is 0 Å². The molecule has 0 saturated carbocycles. The van der Waals surface area contributed by atoms with Crippen LogP contribution in [0.25, 0.3) is 44.5 Å². The van der Waals surface area contributed by atoms with Crippen molar-refractivity contribution >= 4 is 28.2 Å². The second-order valence-corrected chi connectivity index (χ2v) is 6.09. The molecule has 0 N–H and O–H groups in total. The minimum Gasteiger partial charge on any atom is -0.356 e. The zero-order chi connectivity index (χ0) is 18.4. The zero-order valence-corrected chi connectivity index (χ0v) is 13.8. The largest absolute Gasteiger partial charge is 0.356 e. The maximum atomic E-state index is 14.8. The minimum absolute atomic E-state index is 0.183. The fourth-order valence-electron chi connectivity index (χ4n) is 3.23.